The number of para-hydroxylation sites is 1. The Balaban J connectivity index is 1.66. The van der Waals surface area contributed by atoms with E-state index in [9.17, 15) is 14.4 Å². The van der Waals surface area contributed by atoms with Crippen molar-refractivity contribution in [2.75, 3.05) is 4.90 Å². The Bertz CT molecular complexity index is 813. The maximum Gasteiger partial charge on any atom is 0.264 e. The highest BCUT2D eigenvalue weighted by Gasteiger charge is 2.47. The van der Waals surface area contributed by atoms with Crippen LogP contribution < -0.4 is 4.90 Å². The molecular weight excluding hydrogens is 348 g/mol. The van der Waals surface area contributed by atoms with Crippen LogP contribution in [0.25, 0.3) is 0 Å². The van der Waals surface area contributed by atoms with Crippen LogP contribution >= 0.6 is 11.3 Å². The van der Waals surface area contributed by atoms with Gasteiger partial charge in [0.1, 0.15) is 6.04 Å². The molecule has 2 aliphatic rings. The maximum atomic E-state index is 13.1. The smallest absolute Gasteiger partial charge is 0.264 e. The predicted octanol–water partition coefficient (Wildman–Crippen LogP) is 3.47. The third kappa shape index (κ3) is 2.94. The van der Waals surface area contributed by atoms with Crippen LogP contribution in [0, 0.1) is 0 Å². The molecule has 0 bridgehead atoms. The first kappa shape index (κ1) is 17.0. The van der Waals surface area contributed by atoms with E-state index in [0.717, 1.165) is 25.7 Å². The van der Waals surface area contributed by atoms with E-state index < -0.39 is 6.04 Å². The number of hydrogen-bond acceptors (Lipinski definition) is 4. The number of benzene rings is 1. The van der Waals surface area contributed by atoms with Gasteiger partial charge in [-0.2, -0.15) is 0 Å². The van der Waals surface area contributed by atoms with Gasteiger partial charge in [-0.1, -0.05) is 37.1 Å². The van der Waals surface area contributed by atoms with E-state index in [0.29, 0.717) is 10.6 Å². The molecule has 1 saturated carbocycles. The van der Waals surface area contributed by atoms with E-state index in [4.69, 9.17) is 0 Å². The lowest BCUT2D eigenvalue weighted by Crippen LogP contribution is -2.49. The van der Waals surface area contributed by atoms with Gasteiger partial charge in [0.25, 0.3) is 11.8 Å². The summed E-state index contributed by atoms with van der Waals surface area (Å²) in [5, 5.41) is 1.86. The third-order valence-corrected chi connectivity index (χ3v) is 6.02. The van der Waals surface area contributed by atoms with Crippen molar-refractivity contribution < 1.29 is 14.4 Å². The van der Waals surface area contributed by atoms with Crippen LogP contribution in [0.1, 0.15) is 41.8 Å². The zero-order chi connectivity index (χ0) is 18.1. The third-order valence-electron chi connectivity index (χ3n) is 5.16. The van der Waals surface area contributed by atoms with E-state index in [1.165, 1.54) is 16.2 Å². The standard InChI is InChI=1S/C20H20N2O3S/c23-18-13-16(19(24)22(18)15-7-2-1-3-8-15)21(14-9-4-5-10-14)20(25)17-11-6-12-26-17/h1-3,6-8,11-12,14,16H,4-5,9-10,13H2. The molecule has 1 unspecified atom stereocenters. The van der Waals surface area contributed by atoms with Crippen LogP contribution in [0.15, 0.2) is 47.8 Å². The number of amides is 3. The topological polar surface area (TPSA) is 57.7 Å². The first-order valence-corrected chi connectivity index (χ1v) is 9.83. The second-order valence-electron chi connectivity index (χ2n) is 6.75. The second-order valence-corrected chi connectivity index (χ2v) is 7.70. The van der Waals surface area contributed by atoms with Crippen molar-refractivity contribution in [2.45, 2.75) is 44.2 Å². The molecule has 2 aromatic rings. The molecule has 1 aromatic carbocycles. The Labute approximate surface area is 156 Å². The number of nitrogens with zero attached hydrogens (tertiary/aromatic N) is 2. The number of carbonyl (C=O) groups excluding carboxylic acids is 3. The second kappa shape index (κ2) is 7.03. The first-order valence-electron chi connectivity index (χ1n) is 8.95. The summed E-state index contributed by atoms with van der Waals surface area (Å²) in [5.74, 6) is -0.667. The van der Waals surface area contributed by atoms with Gasteiger partial charge >= 0.3 is 0 Å². The molecule has 1 saturated heterocycles. The monoisotopic (exact) mass is 368 g/mol. The first-order chi connectivity index (χ1) is 12.7. The van der Waals surface area contributed by atoms with E-state index in [1.54, 1.807) is 35.2 Å². The molecule has 0 radical (unpaired) electrons. The number of imide groups is 1. The Morgan fingerprint density at radius 1 is 1.04 bits per heavy atom. The Morgan fingerprint density at radius 3 is 2.42 bits per heavy atom. The van der Waals surface area contributed by atoms with Crippen molar-refractivity contribution >= 4 is 34.7 Å². The van der Waals surface area contributed by atoms with Gasteiger partial charge in [0.2, 0.25) is 5.91 Å². The van der Waals surface area contributed by atoms with Gasteiger partial charge < -0.3 is 4.90 Å². The summed E-state index contributed by atoms with van der Waals surface area (Å²) in [6.07, 6.45) is 3.94. The highest BCUT2D eigenvalue weighted by Crippen LogP contribution is 2.33. The highest BCUT2D eigenvalue weighted by molar-refractivity contribution is 7.12. The SMILES string of the molecule is O=C1CC(N(C(=O)c2cccs2)C2CCCC2)C(=O)N1c1ccccc1. The average molecular weight is 368 g/mol. The molecule has 26 heavy (non-hydrogen) atoms. The summed E-state index contributed by atoms with van der Waals surface area (Å²) < 4.78 is 0. The fourth-order valence-electron chi connectivity index (χ4n) is 3.95. The van der Waals surface area contributed by atoms with Gasteiger partial charge in [0, 0.05) is 6.04 Å². The fourth-order valence-corrected chi connectivity index (χ4v) is 4.62. The van der Waals surface area contributed by atoms with Gasteiger partial charge in [-0.15, -0.1) is 11.3 Å². The number of thiophene rings is 1. The lowest BCUT2D eigenvalue weighted by Gasteiger charge is -2.32. The van der Waals surface area contributed by atoms with E-state index in [1.807, 2.05) is 17.5 Å². The van der Waals surface area contributed by atoms with Gasteiger partial charge in [-0.05, 0) is 36.4 Å². The van der Waals surface area contributed by atoms with Crippen LogP contribution in [0.3, 0.4) is 0 Å². The average Bonchev–Trinajstić information content (AvgIpc) is 3.39. The highest BCUT2D eigenvalue weighted by atomic mass is 32.1. The van der Waals surface area contributed by atoms with Crippen molar-refractivity contribution in [1.29, 1.82) is 0 Å². The van der Waals surface area contributed by atoms with Crippen molar-refractivity contribution in [3.63, 3.8) is 0 Å². The minimum absolute atomic E-state index is 0.0297. The molecule has 3 amide bonds. The van der Waals surface area contributed by atoms with Gasteiger partial charge in [0.05, 0.1) is 17.0 Å². The molecule has 2 fully saturated rings. The molecule has 0 spiro atoms. The maximum absolute atomic E-state index is 13.1. The van der Waals surface area contributed by atoms with E-state index in [-0.39, 0.29) is 30.2 Å². The van der Waals surface area contributed by atoms with Gasteiger partial charge in [-0.25, -0.2) is 4.90 Å². The largest absolute Gasteiger partial charge is 0.322 e. The predicted molar refractivity (Wildman–Crippen MR) is 100 cm³/mol. The molecule has 5 nitrogen and oxygen atoms in total. The Kier molecular flexibility index (Phi) is 4.59. The number of anilines is 1. The Morgan fingerprint density at radius 2 is 1.77 bits per heavy atom. The summed E-state index contributed by atoms with van der Waals surface area (Å²) in [6, 6.07) is 11.9. The lowest BCUT2D eigenvalue weighted by molar-refractivity contribution is -0.123. The number of rotatable bonds is 4. The molecule has 2 heterocycles. The summed E-state index contributed by atoms with van der Waals surface area (Å²) in [7, 11) is 0. The Hall–Kier alpha value is -2.47. The van der Waals surface area contributed by atoms with Crippen LogP contribution in [0.2, 0.25) is 0 Å². The van der Waals surface area contributed by atoms with E-state index in [2.05, 4.69) is 0 Å². The molecule has 4 rings (SSSR count). The molecule has 6 heteroatoms. The van der Waals surface area contributed by atoms with Crippen molar-refractivity contribution in [3.8, 4) is 0 Å². The molecule has 134 valence electrons. The van der Waals surface area contributed by atoms with Crippen molar-refractivity contribution in [1.82, 2.24) is 4.90 Å². The van der Waals surface area contributed by atoms with Crippen LogP contribution in [0.5, 0.6) is 0 Å². The quantitative estimate of drug-likeness (QED) is 0.777. The summed E-state index contributed by atoms with van der Waals surface area (Å²) in [5.41, 5.74) is 0.569. The summed E-state index contributed by atoms with van der Waals surface area (Å²) >= 11 is 1.38. The summed E-state index contributed by atoms with van der Waals surface area (Å²) in [6.45, 7) is 0. The van der Waals surface area contributed by atoms with E-state index >= 15 is 0 Å². The lowest BCUT2D eigenvalue weighted by atomic mass is 10.1. The minimum Gasteiger partial charge on any atom is -0.322 e. The van der Waals surface area contributed by atoms with Gasteiger partial charge in [0.15, 0.2) is 0 Å². The van der Waals surface area contributed by atoms with Crippen molar-refractivity contribution in [2.24, 2.45) is 0 Å². The van der Waals surface area contributed by atoms with Crippen LogP contribution in [-0.4, -0.2) is 34.7 Å². The fraction of sp³-hybridized carbons (Fsp3) is 0.350. The van der Waals surface area contributed by atoms with Gasteiger partial charge in [-0.3, -0.25) is 14.4 Å². The molecule has 0 N–H and O–H groups in total. The van der Waals surface area contributed by atoms with Crippen LogP contribution in [-0.2, 0) is 9.59 Å². The minimum atomic E-state index is -0.708. The normalized spacial score (nSPS) is 20.8. The van der Waals surface area contributed by atoms with Crippen molar-refractivity contribution in [3.05, 3.63) is 52.7 Å². The number of carbonyl (C=O) groups is 3. The molecule has 1 atom stereocenters. The number of hydrogen-bond donors (Lipinski definition) is 0. The van der Waals surface area contributed by atoms with Crippen LogP contribution in [0.4, 0.5) is 5.69 Å². The summed E-state index contributed by atoms with van der Waals surface area (Å²) in [4.78, 5) is 42.4. The molecular formula is C20H20N2O3S. The zero-order valence-corrected chi connectivity index (χ0v) is 15.2. The molecule has 1 aliphatic carbocycles. The molecule has 1 aliphatic heterocycles. The zero-order valence-electron chi connectivity index (χ0n) is 14.3. The molecule has 1 aromatic heterocycles.